The standard InChI is InChI=1S/C52H34N2S/c1-2-13-42-37(11-1)12-9-17-43(42)38-27-33-40(34-28-38)53(49-20-10-22-51-52(49)46-16-5-8-21-50(46)55-51)39-29-23-35(24-30-39)36-25-31-41(32-26-36)54-47-18-6-3-14-44(47)45-15-4-7-19-48(45)54/h1-34H. The van der Waals surface area contributed by atoms with Gasteiger partial charge in [0.1, 0.15) is 0 Å². The van der Waals surface area contributed by atoms with Crippen LogP contribution in [0.4, 0.5) is 17.1 Å². The van der Waals surface area contributed by atoms with Crippen molar-refractivity contribution in [3.63, 3.8) is 0 Å². The molecule has 11 rings (SSSR count). The molecule has 55 heavy (non-hydrogen) atoms. The van der Waals surface area contributed by atoms with Gasteiger partial charge in [-0.25, -0.2) is 0 Å². The van der Waals surface area contributed by atoms with Crippen molar-refractivity contribution in [1.82, 2.24) is 4.57 Å². The second kappa shape index (κ2) is 12.9. The molecule has 0 unspecified atom stereocenters. The second-order valence-corrected chi connectivity index (χ2v) is 15.2. The molecule has 0 saturated heterocycles. The minimum atomic E-state index is 1.12. The third-order valence-electron chi connectivity index (χ3n) is 11.0. The molecule has 0 amide bonds. The number of aromatic nitrogens is 1. The summed E-state index contributed by atoms with van der Waals surface area (Å²) < 4.78 is 4.96. The molecular weight excluding hydrogens is 685 g/mol. The first-order valence-corrected chi connectivity index (χ1v) is 19.6. The van der Waals surface area contributed by atoms with Gasteiger partial charge in [0.05, 0.1) is 16.7 Å². The lowest BCUT2D eigenvalue weighted by Gasteiger charge is -2.27. The number of fused-ring (bicyclic) bond motifs is 7. The summed E-state index contributed by atoms with van der Waals surface area (Å²) in [5.41, 5.74) is 11.8. The summed E-state index contributed by atoms with van der Waals surface area (Å²) in [6.07, 6.45) is 0. The van der Waals surface area contributed by atoms with Gasteiger partial charge in [0.15, 0.2) is 0 Å². The molecule has 9 aromatic carbocycles. The van der Waals surface area contributed by atoms with Crippen molar-refractivity contribution in [2.24, 2.45) is 0 Å². The van der Waals surface area contributed by atoms with Gasteiger partial charge in [0, 0.05) is 48.0 Å². The summed E-state index contributed by atoms with van der Waals surface area (Å²) in [7, 11) is 0. The van der Waals surface area contributed by atoms with E-state index in [9.17, 15) is 0 Å². The van der Waals surface area contributed by atoms with Crippen LogP contribution in [0.3, 0.4) is 0 Å². The molecule has 2 heterocycles. The predicted molar refractivity (Wildman–Crippen MR) is 237 cm³/mol. The molecule has 0 aliphatic heterocycles. The molecular formula is C52H34N2S. The van der Waals surface area contributed by atoms with Crippen molar-refractivity contribution >= 4 is 81.1 Å². The van der Waals surface area contributed by atoms with Gasteiger partial charge in [-0.15, -0.1) is 11.3 Å². The van der Waals surface area contributed by atoms with Crippen molar-refractivity contribution < 1.29 is 0 Å². The maximum atomic E-state index is 2.42. The number of hydrogen-bond acceptors (Lipinski definition) is 2. The van der Waals surface area contributed by atoms with Crippen molar-refractivity contribution in [3.8, 4) is 27.9 Å². The highest BCUT2D eigenvalue weighted by molar-refractivity contribution is 7.26. The minimum Gasteiger partial charge on any atom is -0.310 e. The third kappa shape index (κ3) is 5.24. The van der Waals surface area contributed by atoms with Crippen LogP contribution in [-0.4, -0.2) is 4.57 Å². The molecule has 3 heteroatoms. The van der Waals surface area contributed by atoms with Crippen LogP contribution < -0.4 is 4.90 Å². The van der Waals surface area contributed by atoms with Crippen LogP contribution in [0, 0.1) is 0 Å². The number of nitrogens with zero attached hydrogens (tertiary/aromatic N) is 2. The Labute approximate surface area is 323 Å². The van der Waals surface area contributed by atoms with Gasteiger partial charge in [0.25, 0.3) is 0 Å². The van der Waals surface area contributed by atoms with Gasteiger partial charge in [-0.1, -0.05) is 140 Å². The SMILES string of the molecule is c1ccc2c(-c3ccc(N(c4ccc(-c5ccc(-n6c7ccccc7c7ccccc76)cc5)cc4)c4cccc5sc6ccccc6c45)cc3)cccc2c1. The van der Waals surface area contributed by atoms with Crippen LogP contribution >= 0.6 is 11.3 Å². The number of benzene rings is 9. The maximum Gasteiger partial charge on any atom is 0.0554 e. The minimum absolute atomic E-state index is 1.12. The van der Waals surface area contributed by atoms with Gasteiger partial charge in [-0.3, -0.25) is 0 Å². The molecule has 0 aliphatic rings. The van der Waals surface area contributed by atoms with E-state index in [0.29, 0.717) is 0 Å². The summed E-state index contributed by atoms with van der Waals surface area (Å²) in [5, 5.41) is 7.64. The van der Waals surface area contributed by atoms with E-state index in [1.54, 1.807) is 0 Å². The number of rotatable bonds is 6. The Morgan fingerprint density at radius 1 is 0.364 bits per heavy atom. The zero-order valence-corrected chi connectivity index (χ0v) is 30.7. The summed E-state index contributed by atoms with van der Waals surface area (Å²) in [4.78, 5) is 2.42. The van der Waals surface area contributed by atoms with Gasteiger partial charge in [-0.2, -0.15) is 0 Å². The molecule has 2 nitrogen and oxygen atoms in total. The third-order valence-corrected chi connectivity index (χ3v) is 12.1. The fourth-order valence-electron chi connectivity index (χ4n) is 8.44. The van der Waals surface area contributed by atoms with E-state index in [1.165, 1.54) is 80.7 Å². The lowest BCUT2D eigenvalue weighted by Crippen LogP contribution is -2.10. The smallest absolute Gasteiger partial charge is 0.0554 e. The summed E-state index contributed by atoms with van der Waals surface area (Å²) in [6, 6.07) is 75.1. The number of anilines is 3. The molecule has 11 aromatic rings. The molecule has 0 bridgehead atoms. The van der Waals surface area contributed by atoms with Crippen molar-refractivity contribution in [2.45, 2.75) is 0 Å². The molecule has 0 saturated carbocycles. The Bertz CT molecular complexity index is 3130. The fraction of sp³-hybridized carbons (Fsp3) is 0. The van der Waals surface area contributed by atoms with Crippen molar-refractivity contribution in [1.29, 1.82) is 0 Å². The van der Waals surface area contributed by atoms with Gasteiger partial charge in [0.2, 0.25) is 0 Å². The average Bonchev–Trinajstić information content (AvgIpc) is 3.81. The topological polar surface area (TPSA) is 8.17 Å². The monoisotopic (exact) mass is 718 g/mol. The van der Waals surface area contributed by atoms with Crippen LogP contribution in [-0.2, 0) is 0 Å². The van der Waals surface area contributed by atoms with Crippen LogP contribution in [0.5, 0.6) is 0 Å². The normalized spacial score (nSPS) is 11.6. The zero-order valence-electron chi connectivity index (χ0n) is 29.9. The summed E-state index contributed by atoms with van der Waals surface area (Å²) >= 11 is 1.86. The molecule has 0 atom stereocenters. The first-order chi connectivity index (χ1) is 27.3. The summed E-state index contributed by atoms with van der Waals surface area (Å²) in [6.45, 7) is 0. The largest absolute Gasteiger partial charge is 0.310 e. The van der Waals surface area contributed by atoms with Crippen LogP contribution in [0.15, 0.2) is 206 Å². The first kappa shape index (κ1) is 31.6. The molecule has 0 fully saturated rings. The van der Waals surface area contributed by atoms with Crippen LogP contribution in [0.25, 0.3) is 80.7 Å². The van der Waals surface area contributed by atoms with E-state index < -0.39 is 0 Å². The Morgan fingerprint density at radius 3 is 1.56 bits per heavy atom. The lowest BCUT2D eigenvalue weighted by molar-refractivity contribution is 1.18. The summed E-state index contributed by atoms with van der Waals surface area (Å²) in [5.74, 6) is 0. The lowest BCUT2D eigenvalue weighted by atomic mass is 9.98. The molecule has 0 N–H and O–H groups in total. The number of para-hydroxylation sites is 2. The highest BCUT2D eigenvalue weighted by Crippen LogP contribution is 2.45. The fourth-order valence-corrected chi connectivity index (χ4v) is 9.57. The van der Waals surface area contributed by atoms with Gasteiger partial charge < -0.3 is 9.47 Å². The van der Waals surface area contributed by atoms with Crippen molar-refractivity contribution in [2.75, 3.05) is 4.90 Å². The van der Waals surface area contributed by atoms with Crippen LogP contribution in [0.1, 0.15) is 0 Å². The molecule has 2 aromatic heterocycles. The highest BCUT2D eigenvalue weighted by atomic mass is 32.1. The van der Waals surface area contributed by atoms with E-state index in [-0.39, 0.29) is 0 Å². The Kier molecular flexibility index (Phi) is 7.39. The molecule has 0 radical (unpaired) electrons. The maximum absolute atomic E-state index is 2.42. The Morgan fingerprint density at radius 2 is 0.873 bits per heavy atom. The van der Waals surface area contributed by atoms with Crippen LogP contribution in [0.2, 0.25) is 0 Å². The number of hydrogen-bond donors (Lipinski definition) is 0. The van der Waals surface area contributed by atoms with E-state index in [4.69, 9.17) is 0 Å². The quantitative estimate of drug-likeness (QED) is 0.166. The first-order valence-electron chi connectivity index (χ1n) is 18.8. The zero-order chi connectivity index (χ0) is 36.3. The molecule has 0 spiro atoms. The number of thiophene rings is 1. The predicted octanol–water partition coefficient (Wildman–Crippen LogP) is 15.1. The van der Waals surface area contributed by atoms with E-state index in [2.05, 4.69) is 216 Å². The van der Waals surface area contributed by atoms with Gasteiger partial charge in [-0.05, 0) is 99.8 Å². The second-order valence-electron chi connectivity index (χ2n) is 14.1. The Hall–Kier alpha value is -6.94. The average molecular weight is 719 g/mol. The van der Waals surface area contributed by atoms with E-state index in [1.807, 2.05) is 11.3 Å². The van der Waals surface area contributed by atoms with Crippen molar-refractivity contribution in [3.05, 3.63) is 206 Å². The molecule has 0 aliphatic carbocycles. The van der Waals surface area contributed by atoms with Gasteiger partial charge >= 0.3 is 0 Å². The molecule has 258 valence electrons. The highest BCUT2D eigenvalue weighted by Gasteiger charge is 2.19. The van der Waals surface area contributed by atoms with E-state index in [0.717, 1.165) is 17.1 Å². The Balaban J connectivity index is 0.999. The van der Waals surface area contributed by atoms with E-state index >= 15 is 0 Å².